The first kappa shape index (κ1) is 23.0. The molecule has 3 heterocycles. The summed E-state index contributed by atoms with van der Waals surface area (Å²) in [5.74, 6) is 0.570. The molecule has 3 N–H and O–H groups in total. The number of ether oxygens (including phenoxy) is 4. The van der Waals surface area contributed by atoms with E-state index in [1.807, 2.05) is 18.2 Å². The van der Waals surface area contributed by atoms with Gasteiger partial charge in [-0.25, -0.2) is 0 Å². The second-order valence-corrected chi connectivity index (χ2v) is 8.58. The molecule has 1 aromatic carbocycles. The van der Waals surface area contributed by atoms with E-state index in [1.54, 1.807) is 7.11 Å². The van der Waals surface area contributed by atoms with E-state index in [0.29, 0.717) is 32.8 Å². The fraction of sp³-hybridized carbons (Fsp3) is 0.652. The van der Waals surface area contributed by atoms with Crippen molar-refractivity contribution in [2.24, 2.45) is 5.92 Å². The molecule has 0 aromatic heterocycles. The molecule has 9 heteroatoms. The van der Waals surface area contributed by atoms with Gasteiger partial charge in [-0.1, -0.05) is 0 Å². The molecule has 0 radical (unpaired) electrons. The lowest BCUT2D eigenvalue weighted by Crippen LogP contribution is -2.47. The van der Waals surface area contributed by atoms with Crippen molar-refractivity contribution in [2.45, 2.75) is 49.9 Å². The van der Waals surface area contributed by atoms with Gasteiger partial charge in [-0.2, -0.15) is 0 Å². The summed E-state index contributed by atoms with van der Waals surface area (Å²) in [4.78, 5) is 24.9. The van der Waals surface area contributed by atoms with Gasteiger partial charge in [0.25, 0.3) is 0 Å². The average molecular weight is 449 g/mol. The zero-order valence-corrected chi connectivity index (χ0v) is 18.4. The highest BCUT2D eigenvalue weighted by Crippen LogP contribution is 2.47. The quantitative estimate of drug-likeness (QED) is 0.512. The summed E-state index contributed by atoms with van der Waals surface area (Å²) < 4.78 is 22.4. The highest BCUT2D eigenvalue weighted by molar-refractivity contribution is 5.92. The topological polar surface area (TPSA) is 115 Å². The predicted octanol–water partition coefficient (Wildman–Crippen LogP) is 1.20. The van der Waals surface area contributed by atoms with Crippen molar-refractivity contribution in [3.63, 3.8) is 0 Å². The van der Waals surface area contributed by atoms with Gasteiger partial charge in [0.15, 0.2) is 0 Å². The number of fused-ring (bicyclic) bond motifs is 3. The van der Waals surface area contributed by atoms with E-state index in [4.69, 9.17) is 18.9 Å². The second kappa shape index (κ2) is 10.6. The highest BCUT2D eigenvalue weighted by Gasteiger charge is 2.46. The number of benzene rings is 1. The fourth-order valence-electron chi connectivity index (χ4n) is 4.74. The molecule has 3 aliphatic rings. The summed E-state index contributed by atoms with van der Waals surface area (Å²) in [7, 11) is 1.58. The molecular weight excluding hydrogens is 416 g/mol. The lowest BCUT2D eigenvalue weighted by Gasteiger charge is -2.37. The number of carbonyl (C=O) groups is 2. The molecule has 0 spiro atoms. The van der Waals surface area contributed by atoms with Crippen LogP contribution in [0.3, 0.4) is 0 Å². The van der Waals surface area contributed by atoms with E-state index in [9.17, 15) is 14.7 Å². The first-order valence-corrected chi connectivity index (χ1v) is 11.3. The Bertz CT molecular complexity index is 812. The van der Waals surface area contributed by atoms with Crippen LogP contribution in [-0.2, 0) is 23.8 Å². The number of aliphatic hydroxyl groups excluding tert-OH is 1. The first-order valence-electron chi connectivity index (χ1n) is 11.3. The summed E-state index contributed by atoms with van der Waals surface area (Å²) in [6.07, 6.45) is 1.11. The van der Waals surface area contributed by atoms with Crippen LogP contribution in [0.5, 0.6) is 5.75 Å². The normalized spacial score (nSPS) is 27.2. The Labute approximate surface area is 187 Å². The van der Waals surface area contributed by atoms with Gasteiger partial charge in [0.1, 0.15) is 18.0 Å². The predicted molar refractivity (Wildman–Crippen MR) is 116 cm³/mol. The number of hydrogen-bond acceptors (Lipinski definition) is 7. The summed E-state index contributed by atoms with van der Waals surface area (Å²) >= 11 is 0. The molecule has 1 aromatic rings. The molecule has 0 bridgehead atoms. The molecule has 4 atom stereocenters. The van der Waals surface area contributed by atoms with E-state index in [-0.39, 0.29) is 48.9 Å². The Balaban J connectivity index is 1.43. The molecule has 2 fully saturated rings. The lowest BCUT2D eigenvalue weighted by molar-refractivity contribution is -0.142. The average Bonchev–Trinajstić information content (AvgIpc) is 3.17. The highest BCUT2D eigenvalue weighted by atomic mass is 16.6. The molecule has 4 rings (SSSR count). The van der Waals surface area contributed by atoms with E-state index in [1.165, 1.54) is 0 Å². The van der Waals surface area contributed by atoms with Crippen LogP contribution < -0.4 is 15.4 Å². The summed E-state index contributed by atoms with van der Waals surface area (Å²) in [6, 6.07) is 5.64. The van der Waals surface area contributed by atoms with Crippen LogP contribution in [0.2, 0.25) is 0 Å². The van der Waals surface area contributed by atoms with Crippen LogP contribution in [0.1, 0.15) is 37.2 Å². The SMILES string of the molecule is COCCNC(=O)C[C@@H]1C[C@H]2c3cc(NC(=O)C4CCOCC4)ccc3O[C@H]2[C@H](CO)O1. The van der Waals surface area contributed by atoms with E-state index < -0.39 is 6.10 Å². The Morgan fingerprint density at radius 1 is 1.25 bits per heavy atom. The van der Waals surface area contributed by atoms with Crippen LogP contribution >= 0.6 is 0 Å². The molecule has 2 amide bonds. The minimum Gasteiger partial charge on any atom is -0.487 e. The van der Waals surface area contributed by atoms with Crippen molar-refractivity contribution < 1.29 is 33.6 Å². The van der Waals surface area contributed by atoms with Gasteiger partial charge in [0.2, 0.25) is 11.8 Å². The number of rotatable bonds is 8. The van der Waals surface area contributed by atoms with Crippen molar-refractivity contribution >= 4 is 17.5 Å². The van der Waals surface area contributed by atoms with Crippen molar-refractivity contribution in [1.29, 1.82) is 0 Å². The monoisotopic (exact) mass is 448 g/mol. The Kier molecular flexibility index (Phi) is 7.62. The summed E-state index contributed by atoms with van der Waals surface area (Å²) in [5, 5.41) is 15.7. The van der Waals surface area contributed by atoms with Crippen molar-refractivity contribution in [1.82, 2.24) is 5.32 Å². The van der Waals surface area contributed by atoms with Crippen LogP contribution in [0.25, 0.3) is 0 Å². The minimum atomic E-state index is -0.516. The summed E-state index contributed by atoms with van der Waals surface area (Å²) in [6.45, 7) is 1.93. The van der Waals surface area contributed by atoms with Crippen LogP contribution in [0.15, 0.2) is 18.2 Å². The Morgan fingerprint density at radius 3 is 2.81 bits per heavy atom. The van der Waals surface area contributed by atoms with Gasteiger partial charge in [0.05, 0.1) is 25.7 Å². The van der Waals surface area contributed by atoms with Crippen molar-refractivity contribution in [2.75, 3.05) is 45.4 Å². The maximum Gasteiger partial charge on any atom is 0.227 e. The van der Waals surface area contributed by atoms with Gasteiger partial charge >= 0.3 is 0 Å². The maximum atomic E-state index is 12.6. The van der Waals surface area contributed by atoms with Crippen molar-refractivity contribution in [3.05, 3.63) is 23.8 Å². The number of hydrogen-bond donors (Lipinski definition) is 3. The molecule has 3 aliphatic heterocycles. The summed E-state index contributed by atoms with van der Waals surface area (Å²) in [5.41, 5.74) is 1.71. The lowest BCUT2D eigenvalue weighted by atomic mass is 9.84. The van der Waals surface area contributed by atoms with E-state index in [0.717, 1.165) is 29.8 Å². The number of aliphatic hydroxyl groups is 1. The third kappa shape index (κ3) is 5.23. The molecule has 32 heavy (non-hydrogen) atoms. The zero-order chi connectivity index (χ0) is 22.5. The van der Waals surface area contributed by atoms with E-state index >= 15 is 0 Å². The van der Waals surface area contributed by atoms with Gasteiger partial charge in [-0.05, 0) is 37.5 Å². The van der Waals surface area contributed by atoms with Crippen LogP contribution in [0, 0.1) is 5.92 Å². The third-order valence-corrected chi connectivity index (χ3v) is 6.40. The fourth-order valence-corrected chi connectivity index (χ4v) is 4.74. The molecule has 2 saturated heterocycles. The number of carbonyl (C=O) groups excluding carboxylic acids is 2. The molecular formula is C23H32N2O7. The second-order valence-electron chi connectivity index (χ2n) is 8.58. The third-order valence-electron chi connectivity index (χ3n) is 6.40. The van der Waals surface area contributed by atoms with E-state index in [2.05, 4.69) is 10.6 Å². The minimum absolute atomic E-state index is 0.00883. The standard InChI is InChI=1S/C23H32N2O7/c1-29-9-6-24-21(27)12-16-11-18-17-10-15(25-23(28)14-4-7-30-8-5-14)2-3-19(17)32-22(18)20(13-26)31-16/h2-3,10,14,16,18,20,22,26H,4-9,11-13H2,1H3,(H,24,27)(H,25,28)/t16-,18-,20-,22+/m0/s1. The number of nitrogens with one attached hydrogen (secondary N) is 2. The van der Waals surface area contributed by atoms with Gasteiger partial charge in [-0.3, -0.25) is 9.59 Å². The molecule has 0 saturated carbocycles. The van der Waals surface area contributed by atoms with Gasteiger partial charge in [0, 0.05) is 50.0 Å². The number of amides is 2. The van der Waals surface area contributed by atoms with Crippen LogP contribution in [0.4, 0.5) is 5.69 Å². The first-order chi connectivity index (χ1) is 15.6. The Morgan fingerprint density at radius 2 is 2.06 bits per heavy atom. The largest absolute Gasteiger partial charge is 0.487 e. The molecule has 0 aliphatic carbocycles. The maximum absolute atomic E-state index is 12.6. The zero-order valence-electron chi connectivity index (χ0n) is 18.4. The van der Waals surface area contributed by atoms with Crippen LogP contribution in [-0.4, -0.2) is 75.3 Å². The smallest absolute Gasteiger partial charge is 0.227 e. The number of methoxy groups -OCH3 is 1. The molecule has 176 valence electrons. The van der Waals surface area contributed by atoms with Gasteiger partial charge in [-0.15, -0.1) is 0 Å². The van der Waals surface area contributed by atoms with Crippen molar-refractivity contribution in [3.8, 4) is 5.75 Å². The number of anilines is 1. The molecule has 0 unspecified atom stereocenters. The van der Waals surface area contributed by atoms with Gasteiger partial charge < -0.3 is 34.7 Å². The molecule has 9 nitrogen and oxygen atoms in total. The Hall–Kier alpha value is -2.20.